The van der Waals surface area contributed by atoms with E-state index in [2.05, 4.69) is 5.32 Å². The molecule has 1 N–H and O–H groups in total. The first-order chi connectivity index (χ1) is 14.5. The summed E-state index contributed by atoms with van der Waals surface area (Å²) in [7, 11) is 1.40. The number of piperidine rings is 1. The van der Waals surface area contributed by atoms with Gasteiger partial charge in [-0.15, -0.1) is 0 Å². The molecule has 0 atom stereocenters. The van der Waals surface area contributed by atoms with Crippen LogP contribution in [0, 0.1) is 11.7 Å². The summed E-state index contributed by atoms with van der Waals surface area (Å²) in [5.41, 5.74) is 0.673. The molecule has 0 aromatic heterocycles. The Morgan fingerprint density at radius 3 is 2.40 bits per heavy atom. The molecule has 0 radical (unpaired) electrons. The van der Waals surface area contributed by atoms with Crippen molar-refractivity contribution in [2.75, 3.05) is 20.2 Å². The molecule has 1 aliphatic carbocycles. The Hall–Kier alpha value is -2.89. The van der Waals surface area contributed by atoms with Crippen molar-refractivity contribution in [2.45, 2.75) is 37.6 Å². The van der Waals surface area contributed by atoms with Crippen molar-refractivity contribution in [3.05, 3.63) is 65.5 Å². The molecule has 5 nitrogen and oxygen atoms in total. The van der Waals surface area contributed by atoms with Crippen LogP contribution in [-0.4, -0.2) is 42.5 Å². The Labute approximate surface area is 176 Å². The van der Waals surface area contributed by atoms with Gasteiger partial charge in [0.1, 0.15) is 0 Å². The number of ether oxygens (including phenoxy) is 1. The van der Waals surface area contributed by atoms with E-state index in [0.717, 1.165) is 6.42 Å². The highest BCUT2D eigenvalue weighted by Gasteiger charge is 2.41. The first kappa shape index (κ1) is 20.4. The van der Waals surface area contributed by atoms with Crippen molar-refractivity contribution < 1.29 is 18.7 Å². The van der Waals surface area contributed by atoms with E-state index >= 15 is 0 Å². The molecule has 1 saturated heterocycles. The van der Waals surface area contributed by atoms with Gasteiger partial charge < -0.3 is 15.0 Å². The molecular formula is C24H27FN2O3. The summed E-state index contributed by atoms with van der Waals surface area (Å²) in [6, 6.07) is 13.5. The molecule has 2 aromatic carbocycles. The number of amides is 2. The highest BCUT2D eigenvalue weighted by molar-refractivity contribution is 5.95. The molecule has 0 bridgehead atoms. The smallest absolute Gasteiger partial charge is 0.253 e. The normalized spacial score (nSPS) is 18.0. The number of rotatable bonds is 6. The predicted octanol–water partition coefficient (Wildman–Crippen LogP) is 4.04. The van der Waals surface area contributed by atoms with Crippen LogP contribution >= 0.6 is 0 Å². The van der Waals surface area contributed by atoms with Crippen LogP contribution < -0.4 is 10.1 Å². The molecule has 1 heterocycles. The summed E-state index contributed by atoms with van der Waals surface area (Å²) < 4.78 is 18.9. The molecule has 30 heavy (non-hydrogen) atoms. The molecule has 6 heteroatoms. The van der Waals surface area contributed by atoms with E-state index < -0.39 is 5.82 Å². The fraction of sp³-hybridized carbons (Fsp3) is 0.417. The van der Waals surface area contributed by atoms with Crippen molar-refractivity contribution in [1.29, 1.82) is 0 Å². The molecule has 0 spiro atoms. The summed E-state index contributed by atoms with van der Waals surface area (Å²) in [5, 5.41) is 3.29. The monoisotopic (exact) mass is 410 g/mol. The molecule has 2 aromatic rings. The lowest BCUT2D eigenvalue weighted by Gasteiger charge is -2.43. The maximum absolute atomic E-state index is 14.0. The second-order valence-corrected chi connectivity index (χ2v) is 8.39. The van der Waals surface area contributed by atoms with Crippen molar-refractivity contribution in [3.63, 3.8) is 0 Å². The van der Waals surface area contributed by atoms with Gasteiger partial charge in [0.15, 0.2) is 11.6 Å². The Balaban J connectivity index is 1.44. The lowest BCUT2D eigenvalue weighted by atomic mass is 9.82. The molecule has 2 fully saturated rings. The number of likely N-dealkylation sites (tertiary alicyclic amines) is 1. The lowest BCUT2D eigenvalue weighted by Crippen LogP contribution is -2.56. The van der Waals surface area contributed by atoms with Gasteiger partial charge in [0.05, 0.1) is 7.11 Å². The van der Waals surface area contributed by atoms with Crippen LogP contribution in [0.1, 0.15) is 52.8 Å². The second-order valence-electron chi connectivity index (χ2n) is 8.39. The Morgan fingerprint density at radius 1 is 1.10 bits per heavy atom. The van der Waals surface area contributed by atoms with Crippen LogP contribution in [0.2, 0.25) is 0 Å². The maximum atomic E-state index is 14.0. The topological polar surface area (TPSA) is 58.6 Å². The zero-order valence-corrected chi connectivity index (χ0v) is 17.2. The lowest BCUT2D eigenvalue weighted by molar-refractivity contribution is 0.0600. The number of hydrogen-bond donors (Lipinski definition) is 1. The third kappa shape index (κ3) is 4.48. The molecule has 2 aliphatic rings. The van der Waals surface area contributed by atoms with E-state index in [1.807, 2.05) is 30.3 Å². The van der Waals surface area contributed by atoms with E-state index in [1.165, 1.54) is 32.1 Å². The highest BCUT2D eigenvalue weighted by atomic mass is 19.1. The largest absolute Gasteiger partial charge is 0.494 e. The van der Waals surface area contributed by atoms with Crippen LogP contribution in [0.3, 0.4) is 0 Å². The van der Waals surface area contributed by atoms with Gasteiger partial charge >= 0.3 is 0 Å². The number of halogens is 1. The van der Waals surface area contributed by atoms with E-state index in [-0.39, 0.29) is 23.1 Å². The van der Waals surface area contributed by atoms with Gasteiger partial charge in [0, 0.05) is 29.8 Å². The average Bonchev–Trinajstić information content (AvgIpc) is 3.58. The summed E-state index contributed by atoms with van der Waals surface area (Å²) in [6.45, 7) is 1.07. The first-order valence-electron chi connectivity index (χ1n) is 10.5. The van der Waals surface area contributed by atoms with Gasteiger partial charge in [-0.2, -0.15) is 0 Å². The third-order valence-corrected chi connectivity index (χ3v) is 6.20. The highest BCUT2D eigenvalue weighted by Crippen LogP contribution is 2.41. The second kappa shape index (κ2) is 8.46. The number of nitrogens with zero attached hydrogens (tertiary/aromatic N) is 1. The van der Waals surface area contributed by atoms with E-state index in [4.69, 9.17) is 4.74 Å². The molecular weight excluding hydrogens is 383 g/mol. The van der Waals surface area contributed by atoms with E-state index in [0.29, 0.717) is 43.0 Å². The average molecular weight is 410 g/mol. The Morgan fingerprint density at radius 2 is 1.80 bits per heavy atom. The van der Waals surface area contributed by atoms with Crippen molar-refractivity contribution in [2.24, 2.45) is 5.92 Å². The minimum absolute atomic E-state index is 0.0618. The number of benzene rings is 2. The van der Waals surface area contributed by atoms with Crippen LogP contribution in [0.4, 0.5) is 4.39 Å². The molecule has 0 unspecified atom stereocenters. The fourth-order valence-corrected chi connectivity index (χ4v) is 4.28. The van der Waals surface area contributed by atoms with Crippen LogP contribution in [-0.2, 0) is 0 Å². The molecule has 158 valence electrons. The molecule has 2 amide bonds. The first-order valence-corrected chi connectivity index (χ1v) is 10.5. The Kier molecular flexibility index (Phi) is 5.75. The number of nitrogens with one attached hydrogen (secondary N) is 1. The van der Waals surface area contributed by atoms with Gasteiger partial charge in [0.2, 0.25) is 0 Å². The minimum atomic E-state index is -0.543. The SMILES string of the molecule is COc1ccc(C(=O)N2CCC(CC3CC3)(NC(=O)c3ccccc3)CC2)cc1F. The summed E-state index contributed by atoms with van der Waals surface area (Å²) in [4.78, 5) is 27.4. The van der Waals surface area contributed by atoms with Crippen LogP contribution in [0.5, 0.6) is 5.75 Å². The summed E-state index contributed by atoms with van der Waals surface area (Å²) >= 11 is 0. The van der Waals surface area contributed by atoms with Gasteiger partial charge in [0.25, 0.3) is 11.8 Å². The number of carbonyl (C=O) groups is 2. The Bertz CT molecular complexity index is 919. The van der Waals surface area contributed by atoms with Crippen molar-refractivity contribution >= 4 is 11.8 Å². The van der Waals surface area contributed by atoms with Gasteiger partial charge in [-0.25, -0.2) is 4.39 Å². The quantitative estimate of drug-likeness (QED) is 0.782. The maximum Gasteiger partial charge on any atom is 0.253 e. The zero-order valence-electron chi connectivity index (χ0n) is 17.2. The standard InChI is InChI=1S/C24H27FN2O3/c1-30-21-10-9-19(15-20(21)25)23(29)27-13-11-24(12-14-27,16-17-7-8-17)26-22(28)18-5-3-2-4-6-18/h2-6,9-10,15,17H,7-8,11-14,16H2,1H3,(H,26,28). The summed E-state index contributed by atoms with van der Waals surface area (Å²) in [6.07, 6.45) is 4.76. The minimum Gasteiger partial charge on any atom is -0.494 e. The van der Waals surface area contributed by atoms with Crippen molar-refractivity contribution in [3.8, 4) is 5.75 Å². The van der Waals surface area contributed by atoms with Gasteiger partial charge in [-0.3, -0.25) is 9.59 Å². The molecule has 1 aliphatic heterocycles. The number of hydrogen-bond acceptors (Lipinski definition) is 3. The molecule has 4 rings (SSSR count). The van der Waals surface area contributed by atoms with E-state index in [1.54, 1.807) is 11.0 Å². The summed E-state index contributed by atoms with van der Waals surface area (Å²) in [5.74, 6) is -0.0194. The van der Waals surface area contributed by atoms with Crippen LogP contribution in [0.15, 0.2) is 48.5 Å². The van der Waals surface area contributed by atoms with E-state index in [9.17, 15) is 14.0 Å². The molecule has 1 saturated carbocycles. The fourth-order valence-electron chi connectivity index (χ4n) is 4.28. The van der Waals surface area contributed by atoms with Crippen molar-refractivity contribution in [1.82, 2.24) is 10.2 Å². The third-order valence-electron chi connectivity index (χ3n) is 6.20. The number of methoxy groups -OCH3 is 1. The van der Waals surface area contributed by atoms with Gasteiger partial charge in [-0.1, -0.05) is 31.0 Å². The number of carbonyl (C=O) groups excluding carboxylic acids is 2. The van der Waals surface area contributed by atoms with Gasteiger partial charge in [-0.05, 0) is 55.5 Å². The zero-order chi connectivity index (χ0) is 21.1. The predicted molar refractivity (Wildman–Crippen MR) is 112 cm³/mol. The van der Waals surface area contributed by atoms with Crippen LogP contribution in [0.25, 0.3) is 0 Å².